The molecule has 1 aromatic carbocycles. The van der Waals surface area contributed by atoms with Crippen molar-refractivity contribution in [3.63, 3.8) is 0 Å². The molecule has 2 N–H and O–H groups in total. The predicted molar refractivity (Wildman–Crippen MR) is 90.3 cm³/mol. The second kappa shape index (κ2) is 8.11. The Morgan fingerprint density at radius 1 is 1.26 bits per heavy atom. The zero-order chi connectivity index (χ0) is 16.7. The SMILES string of the molecule is CCc1cccc(NC(=O)CCC(=O)NC[C@@]2(C)CCCO2)c1. The molecule has 0 aromatic heterocycles. The van der Waals surface area contributed by atoms with Crippen LogP contribution in [0.2, 0.25) is 0 Å². The van der Waals surface area contributed by atoms with Crippen LogP contribution in [0.5, 0.6) is 0 Å². The number of anilines is 1. The first-order valence-corrected chi connectivity index (χ1v) is 8.30. The minimum Gasteiger partial charge on any atom is -0.373 e. The van der Waals surface area contributed by atoms with E-state index >= 15 is 0 Å². The zero-order valence-corrected chi connectivity index (χ0v) is 14.0. The van der Waals surface area contributed by atoms with Crippen LogP contribution in [0.15, 0.2) is 24.3 Å². The van der Waals surface area contributed by atoms with E-state index in [2.05, 4.69) is 17.6 Å². The van der Waals surface area contributed by atoms with Gasteiger partial charge in [0, 0.05) is 31.7 Å². The lowest BCUT2D eigenvalue weighted by Gasteiger charge is -2.23. The highest BCUT2D eigenvalue weighted by Gasteiger charge is 2.29. The molecule has 23 heavy (non-hydrogen) atoms. The lowest BCUT2D eigenvalue weighted by molar-refractivity contribution is -0.125. The first-order chi connectivity index (χ1) is 11.0. The standard InChI is InChI=1S/C18H26N2O3/c1-3-14-6-4-7-15(12-14)20-17(22)9-8-16(21)19-13-18(2)10-5-11-23-18/h4,6-7,12H,3,5,8-11,13H2,1-2H3,(H,19,21)(H,20,22)/t18-/m1/s1. The van der Waals surface area contributed by atoms with E-state index in [1.54, 1.807) is 0 Å². The maximum atomic E-state index is 11.9. The van der Waals surface area contributed by atoms with E-state index in [-0.39, 0.29) is 30.3 Å². The summed E-state index contributed by atoms with van der Waals surface area (Å²) in [5, 5.41) is 5.69. The second-order valence-electron chi connectivity index (χ2n) is 6.28. The molecule has 5 nitrogen and oxygen atoms in total. The van der Waals surface area contributed by atoms with Crippen molar-refractivity contribution >= 4 is 17.5 Å². The Morgan fingerprint density at radius 3 is 2.74 bits per heavy atom. The van der Waals surface area contributed by atoms with Gasteiger partial charge in [0.15, 0.2) is 0 Å². The van der Waals surface area contributed by atoms with Gasteiger partial charge in [-0.2, -0.15) is 0 Å². The van der Waals surface area contributed by atoms with Gasteiger partial charge < -0.3 is 15.4 Å². The maximum absolute atomic E-state index is 11.9. The van der Waals surface area contributed by atoms with E-state index in [1.165, 1.54) is 5.56 Å². The molecule has 1 saturated heterocycles. The molecule has 5 heteroatoms. The molecule has 1 aliphatic heterocycles. The Morgan fingerprint density at radius 2 is 2.04 bits per heavy atom. The fourth-order valence-electron chi connectivity index (χ4n) is 2.67. The second-order valence-corrected chi connectivity index (χ2v) is 6.28. The summed E-state index contributed by atoms with van der Waals surface area (Å²) in [6.07, 6.45) is 3.29. The van der Waals surface area contributed by atoms with Gasteiger partial charge in [0.05, 0.1) is 5.60 Å². The summed E-state index contributed by atoms with van der Waals surface area (Å²) in [5.41, 5.74) is 1.70. The Hall–Kier alpha value is -1.88. The molecule has 1 heterocycles. The Labute approximate surface area is 137 Å². The number of hydrogen-bond acceptors (Lipinski definition) is 3. The molecule has 1 aliphatic rings. The Bertz CT molecular complexity index is 551. The molecule has 0 saturated carbocycles. The van der Waals surface area contributed by atoms with Gasteiger partial charge in [-0.3, -0.25) is 9.59 Å². The van der Waals surface area contributed by atoms with Gasteiger partial charge in [-0.05, 0) is 43.9 Å². The summed E-state index contributed by atoms with van der Waals surface area (Å²) in [5.74, 6) is -0.254. The number of rotatable bonds is 7. The van der Waals surface area contributed by atoms with Gasteiger partial charge in [0.2, 0.25) is 11.8 Å². The molecular formula is C18H26N2O3. The third kappa shape index (κ3) is 5.67. The van der Waals surface area contributed by atoms with Crippen LogP contribution in [0, 0.1) is 0 Å². The number of carbonyl (C=O) groups is 2. The van der Waals surface area contributed by atoms with Gasteiger partial charge in [-0.15, -0.1) is 0 Å². The number of hydrogen-bond donors (Lipinski definition) is 2. The number of amides is 2. The van der Waals surface area contributed by atoms with Crippen LogP contribution in [0.25, 0.3) is 0 Å². The van der Waals surface area contributed by atoms with E-state index in [0.29, 0.717) is 6.54 Å². The number of carbonyl (C=O) groups excluding carboxylic acids is 2. The average molecular weight is 318 g/mol. The molecule has 1 aromatic rings. The summed E-state index contributed by atoms with van der Waals surface area (Å²) in [6.45, 7) is 5.34. The van der Waals surface area contributed by atoms with Crippen molar-refractivity contribution in [3.8, 4) is 0 Å². The summed E-state index contributed by atoms with van der Waals surface area (Å²) in [6, 6.07) is 7.75. The highest BCUT2D eigenvalue weighted by Crippen LogP contribution is 2.23. The highest BCUT2D eigenvalue weighted by molar-refractivity contribution is 5.93. The molecule has 2 rings (SSSR count). The van der Waals surface area contributed by atoms with Crippen LogP contribution in [0.3, 0.4) is 0 Å². The van der Waals surface area contributed by atoms with Crippen molar-refractivity contribution in [2.45, 2.75) is 51.6 Å². The number of ether oxygens (including phenoxy) is 1. The van der Waals surface area contributed by atoms with Crippen LogP contribution in [0.1, 0.15) is 45.1 Å². The molecule has 126 valence electrons. The lowest BCUT2D eigenvalue weighted by Crippen LogP contribution is -2.40. The topological polar surface area (TPSA) is 67.4 Å². The molecule has 1 fully saturated rings. The number of benzene rings is 1. The van der Waals surface area contributed by atoms with Gasteiger partial charge in [0.25, 0.3) is 0 Å². The molecule has 0 unspecified atom stereocenters. The van der Waals surface area contributed by atoms with Crippen LogP contribution in [-0.2, 0) is 20.7 Å². The highest BCUT2D eigenvalue weighted by atomic mass is 16.5. The van der Waals surface area contributed by atoms with Crippen molar-refractivity contribution in [2.24, 2.45) is 0 Å². The molecule has 0 spiro atoms. The first-order valence-electron chi connectivity index (χ1n) is 8.30. The zero-order valence-electron chi connectivity index (χ0n) is 14.0. The lowest BCUT2D eigenvalue weighted by atomic mass is 10.0. The monoisotopic (exact) mass is 318 g/mol. The van der Waals surface area contributed by atoms with Gasteiger partial charge in [-0.1, -0.05) is 19.1 Å². The van der Waals surface area contributed by atoms with Gasteiger partial charge in [0.1, 0.15) is 0 Å². The van der Waals surface area contributed by atoms with Crippen molar-refractivity contribution in [1.82, 2.24) is 5.32 Å². The van der Waals surface area contributed by atoms with Crippen molar-refractivity contribution in [2.75, 3.05) is 18.5 Å². The van der Waals surface area contributed by atoms with Crippen LogP contribution in [-0.4, -0.2) is 30.6 Å². The van der Waals surface area contributed by atoms with Crippen LogP contribution in [0.4, 0.5) is 5.69 Å². The fourth-order valence-corrected chi connectivity index (χ4v) is 2.67. The summed E-state index contributed by atoms with van der Waals surface area (Å²) in [7, 11) is 0. The normalized spacial score (nSPS) is 20.3. The van der Waals surface area contributed by atoms with Gasteiger partial charge in [-0.25, -0.2) is 0 Å². The van der Waals surface area contributed by atoms with E-state index < -0.39 is 0 Å². The third-order valence-corrected chi connectivity index (χ3v) is 4.16. The predicted octanol–water partition coefficient (Wildman–Crippen LogP) is 2.65. The minimum atomic E-state index is -0.251. The third-order valence-electron chi connectivity index (χ3n) is 4.16. The van der Waals surface area contributed by atoms with E-state index in [1.807, 2.05) is 31.2 Å². The first kappa shape index (κ1) is 17.5. The molecule has 0 radical (unpaired) electrons. The summed E-state index contributed by atoms with van der Waals surface area (Å²) in [4.78, 5) is 23.8. The quantitative estimate of drug-likeness (QED) is 0.812. The number of aryl methyl sites for hydroxylation is 1. The van der Waals surface area contributed by atoms with E-state index in [4.69, 9.17) is 4.74 Å². The van der Waals surface area contributed by atoms with E-state index in [9.17, 15) is 9.59 Å². The molecule has 2 amide bonds. The average Bonchev–Trinajstić information content (AvgIpc) is 2.98. The Balaban J connectivity index is 1.70. The van der Waals surface area contributed by atoms with E-state index in [0.717, 1.165) is 31.6 Å². The smallest absolute Gasteiger partial charge is 0.224 e. The number of nitrogens with one attached hydrogen (secondary N) is 2. The maximum Gasteiger partial charge on any atom is 0.224 e. The Kier molecular flexibility index (Phi) is 6.16. The van der Waals surface area contributed by atoms with Crippen LogP contribution >= 0.6 is 0 Å². The van der Waals surface area contributed by atoms with Crippen molar-refractivity contribution < 1.29 is 14.3 Å². The van der Waals surface area contributed by atoms with Gasteiger partial charge >= 0.3 is 0 Å². The fraction of sp³-hybridized carbons (Fsp3) is 0.556. The minimum absolute atomic E-state index is 0.112. The molecule has 0 bridgehead atoms. The molecule has 0 aliphatic carbocycles. The molecule has 1 atom stereocenters. The largest absolute Gasteiger partial charge is 0.373 e. The van der Waals surface area contributed by atoms with Crippen LogP contribution < -0.4 is 10.6 Å². The van der Waals surface area contributed by atoms with Crippen molar-refractivity contribution in [1.29, 1.82) is 0 Å². The summed E-state index contributed by atoms with van der Waals surface area (Å²) < 4.78 is 5.62. The summed E-state index contributed by atoms with van der Waals surface area (Å²) >= 11 is 0. The molecular weight excluding hydrogens is 292 g/mol. The van der Waals surface area contributed by atoms with Crippen molar-refractivity contribution in [3.05, 3.63) is 29.8 Å².